The molecule has 0 aliphatic carbocycles. The maximum Gasteiger partial charge on any atom is 0.401 e. The smallest absolute Gasteiger partial charge is 0.395 e. The Morgan fingerprint density at radius 1 is 0.960 bits per heavy atom. The maximum atomic E-state index is 12.0. The lowest BCUT2D eigenvalue weighted by molar-refractivity contribution is -0.149. The molecule has 1 unspecified atom stereocenters. The second-order valence-electron chi connectivity index (χ2n) is 7.44. The van der Waals surface area contributed by atoms with Crippen LogP contribution in [0.1, 0.15) is 27.7 Å². The molecule has 2 aliphatic heterocycles. The van der Waals surface area contributed by atoms with E-state index in [9.17, 15) is 13.2 Å². The molecule has 0 aromatic rings. The van der Waals surface area contributed by atoms with Crippen molar-refractivity contribution in [3.05, 3.63) is 0 Å². The Labute approximate surface area is 150 Å². The second kappa shape index (κ2) is 10.7. The molecule has 150 valence electrons. The summed E-state index contributed by atoms with van der Waals surface area (Å²) in [6.45, 7) is 13.6. The Hall–Kier alpha value is -0.410. The van der Waals surface area contributed by atoms with Gasteiger partial charge in [-0.2, -0.15) is 13.2 Å². The summed E-state index contributed by atoms with van der Waals surface area (Å²) in [6, 6.07) is 1.32. The molecular formula is C17H35F3N4O. The molecule has 1 atom stereocenters. The fourth-order valence-corrected chi connectivity index (χ4v) is 3.13. The van der Waals surface area contributed by atoms with E-state index in [4.69, 9.17) is 5.11 Å². The number of halogens is 3. The molecular weight excluding hydrogens is 333 g/mol. The van der Waals surface area contributed by atoms with E-state index in [1.165, 1.54) is 4.90 Å². The third-order valence-electron chi connectivity index (χ3n) is 4.78. The van der Waals surface area contributed by atoms with E-state index >= 15 is 0 Å². The standard InChI is InChI=1S/C9H17F3N2.C8H18N2O/c1-8(2)14-5-3-13(4-6-14)7-9(10,11)12;1-7(2)10-4-3-9-8(5-10)6-11/h8H,3-7H2,1-2H3;7-9,11H,3-6H2,1-2H3. The number of hydrogen-bond acceptors (Lipinski definition) is 5. The quantitative estimate of drug-likeness (QED) is 0.782. The topological polar surface area (TPSA) is 42.0 Å². The highest BCUT2D eigenvalue weighted by Gasteiger charge is 2.32. The molecule has 2 N–H and O–H groups in total. The van der Waals surface area contributed by atoms with E-state index in [0.717, 1.165) is 32.7 Å². The minimum absolute atomic E-state index is 0.253. The zero-order chi connectivity index (χ0) is 19.0. The summed E-state index contributed by atoms with van der Waals surface area (Å²) in [7, 11) is 0. The van der Waals surface area contributed by atoms with Gasteiger partial charge in [-0.05, 0) is 27.7 Å². The fourth-order valence-electron chi connectivity index (χ4n) is 3.13. The van der Waals surface area contributed by atoms with E-state index in [1.54, 1.807) is 0 Å². The number of piperazine rings is 2. The minimum Gasteiger partial charge on any atom is -0.395 e. The second-order valence-corrected chi connectivity index (χ2v) is 7.44. The number of nitrogens with zero attached hydrogens (tertiary/aromatic N) is 3. The van der Waals surface area contributed by atoms with Gasteiger partial charge in [-0.3, -0.25) is 14.7 Å². The Balaban J connectivity index is 0.000000257. The Bertz CT molecular complexity index is 358. The SMILES string of the molecule is CC(C)N1CCN(CC(F)(F)F)CC1.CC(C)N1CCNC(CO)C1. The van der Waals surface area contributed by atoms with E-state index in [2.05, 4.69) is 42.8 Å². The van der Waals surface area contributed by atoms with Crippen LogP contribution in [0, 0.1) is 0 Å². The van der Waals surface area contributed by atoms with Crippen LogP contribution in [0.3, 0.4) is 0 Å². The average Bonchev–Trinajstić information content (AvgIpc) is 2.54. The normalized spacial score (nSPS) is 24.5. The van der Waals surface area contributed by atoms with Gasteiger partial charge in [0.15, 0.2) is 0 Å². The van der Waals surface area contributed by atoms with Gasteiger partial charge in [0.1, 0.15) is 0 Å². The van der Waals surface area contributed by atoms with Gasteiger partial charge in [0.25, 0.3) is 0 Å². The van der Waals surface area contributed by atoms with Crippen molar-refractivity contribution in [3.63, 3.8) is 0 Å². The van der Waals surface area contributed by atoms with Gasteiger partial charge in [0.2, 0.25) is 0 Å². The lowest BCUT2D eigenvalue weighted by atomic mass is 10.2. The molecule has 0 radical (unpaired) electrons. The van der Waals surface area contributed by atoms with Gasteiger partial charge in [0, 0.05) is 63.9 Å². The molecule has 25 heavy (non-hydrogen) atoms. The number of alkyl halides is 3. The van der Waals surface area contributed by atoms with Gasteiger partial charge < -0.3 is 10.4 Å². The van der Waals surface area contributed by atoms with Gasteiger partial charge in [-0.1, -0.05) is 0 Å². The molecule has 8 heteroatoms. The van der Waals surface area contributed by atoms with Crippen LogP contribution in [0.4, 0.5) is 13.2 Å². The van der Waals surface area contributed by atoms with E-state index in [0.29, 0.717) is 25.2 Å². The summed E-state index contributed by atoms with van der Waals surface area (Å²) in [6.07, 6.45) is -4.06. The Morgan fingerprint density at radius 2 is 1.52 bits per heavy atom. The van der Waals surface area contributed by atoms with Crippen LogP contribution in [0.5, 0.6) is 0 Å². The first kappa shape index (κ1) is 22.6. The lowest BCUT2D eigenvalue weighted by Crippen LogP contribution is -2.54. The van der Waals surface area contributed by atoms with E-state index < -0.39 is 12.7 Å². The van der Waals surface area contributed by atoms with E-state index in [1.807, 2.05) is 0 Å². The van der Waals surface area contributed by atoms with Gasteiger partial charge >= 0.3 is 6.18 Å². The molecule has 2 heterocycles. The molecule has 0 aromatic heterocycles. The molecule has 2 fully saturated rings. The Morgan fingerprint density at radius 3 is 1.96 bits per heavy atom. The van der Waals surface area contributed by atoms with Gasteiger partial charge in [-0.25, -0.2) is 0 Å². The van der Waals surface area contributed by atoms with Crippen molar-refractivity contribution in [1.29, 1.82) is 0 Å². The molecule has 2 rings (SSSR count). The number of nitrogens with one attached hydrogen (secondary N) is 1. The minimum atomic E-state index is -4.06. The third-order valence-corrected chi connectivity index (χ3v) is 4.78. The van der Waals surface area contributed by atoms with Crippen LogP contribution in [0.25, 0.3) is 0 Å². The van der Waals surface area contributed by atoms with Gasteiger partial charge in [-0.15, -0.1) is 0 Å². The maximum absolute atomic E-state index is 12.0. The van der Waals surface area contributed by atoms with Crippen LogP contribution in [0.2, 0.25) is 0 Å². The Kier molecular flexibility index (Phi) is 9.66. The summed E-state index contributed by atoms with van der Waals surface area (Å²) in [5, 5.41) is 12.2. The van der Waals surface area contributed by atoms with E-state index in [-0.39, 0.29) is 12.6 Å². The van der Waals surface area contributed by atoms with Crippen LogP contribution in [-0.4, -0.2) is 103 Å². The fraction of sp³-hybridized carbons (Fsp3) is 1.00. The predicted molar refractivity (Wildman–Crippen MR) is 94.8 cm³/mol. The van der Waals surface area contributed by atoms with Crippen molar-refractivity contribution in [3.8, 4) is 0 Å². The highest BCUT2D eigenvalue weighted by molar-refractivity contribution is 4.79. The number of rotatable bonds is 4. The van der Waals surface area contributed by atoms with Gasteiger partial charge in [0.05, 0.1) is 13.2 Å². The monoisotopic (exact) mass is 368 g/mol. The number of aliphatic hydroxyl groups is 1. The zero-order valence-corrected chi connectivity index (χ0v) is 16.0. The molecule has 0 saturated carbocycles. The summed E-state index contributed by atoms with van der Waals surface area (Å²) in [5.74, 6) is 0. The van der Waals surface area contributed by atoms with Crippen LogP contribution < -0.4 is 5.32 Å². The zero-order valence-electron chi connectivity index (χ0n) is 16.0. The van der Waals surface area contributed by atoms with Crippen LogP contribution >= 0.6 is 0 Å². The van der Waals surface area contributed by atoms with Crippen LogP contribution in [-0.2, 0) is 0 Å². The molecule has 0 spiro atoms. The highest BCUT2D eigenvalue weighted by atomic mass is 19.4. The van der Waals surface area contributed by atoms with Crippen molar-refractivity contribution >= 4 is 0 Å². The summed E-state index contributed by atoms with van der Waals surface area (Å²) in [4.78, 5) is 6.06. The van der Waals surface area contributed by atoms with Crippen molar-refractivity contribution < 1.29 is 18.3 Å². The number of hydrogen-bond donors (Lipinski definition) is 2. The molecule has 0 amide bonds. The lowest BCUT2D eigenvalue weighted by Gasteiger charge is -2.37. The first-order chi connectivity index (χ1) is 11.6. The first-order valence-electron chi connectivity index (χ1n) is 9.23. The summed E-state index contributed by atoms with van der Waals surface area (Å²) >= 11 is 0. The van der Waals surface area contributed by atoms with Crippen molar-refractivity contribution in [1.82, 2.24) is 20.0 Å². The molecule has 0 aromatic carbocycles. The molecule has 0 bridgehead atoms. The summed E-state index contributed by atoms with van der Waals surface area (Å²) in [5.41, 5.74) is 0. The summed E-state index contributed by atoms with van der Waals surface area (Å²) < 4.78 is 36.1. The average molecular weight is 368 g/mol. The van der Waals surface area contributed by atoms with Crippen molar-refractivity contribution in [2.24, 2.45) is 0 Å². The van der Waals surface area contributed by atoms with Crippen molar-refractivity contribution in [2.75, 3.05) is 59.0 Å². The molecule has 5 nitrogen and oxygen atoms in total. The molecule has 2 saturated heterocycles. The predicted octanol–water partition coefficient (Wildman–Crippen LogP) is 1.24. The first-order valence-corrected chi connectivity index (χ1v) is 9.23. The van der Waals surface area contributed by atoms with Crippen LogP contribution in [0.15, 0.2) is 0 Å². The third kappa shape index (κ3) is 9.19. The largest absolute Gasteiger partial charge is 0.401 e. The van der Waals surface area contributed by atoms with Crippen molar-refractivity contribution in [2.45, 2.75) is 52.0 Å². The number of aliphatic hydroxyl groups excluding tert-OH is 1. The highest BCUT2D eigenvalue weighted by Crippen LogP contribution is 2.17. The molecule has 2 aliphatic rings.